The van der Waals surface area contributed by atoms with Crippen molar-refractivity contribution in [2.45, 2.75) is 32.9 Å². The molecule has 9 heteroatoms. The normalized spacial score (nSPS) is 15.6. The van der Waals surface area contributed by atoms with E-state index in [0.29, 0.717) is 0 Å². The van der Waals surface area contributed by atoms with Gasteiger partial charge in [0, 0.05) is 32.3 Å². The van der Waals surface area contributed by atoms with Crippen molar-refractivity contribution in [1.29, 1.82) is 0 Å². The smallest absolute Gasteiger partial charge is 0.271 e. The number of hydrogen-bond acceptors (Lipinski definition) is 6. The van der Waals surface area contributed by atoms with Gasteiger partial charge < -0.3 is 20.2 Å². The summed E-state index contributed by atoms with van der Waals surface area (Å²) in [5, 5.41) is 14.9. The Balaban J connectivity index is 1.85. The Labute approximate surface area is 138 Å². The molecule has 128 valence electrons. The minimum Gasteiger partial charge on any atom is -0.340 e. The van der Waals surface area contributed by atoms with Crippen LogP contribution in [0.2, 0.25) is 0 Å². The van der Waals surface area contributed by atoms with Crippen LogP contribution in [0, 0.1) is 5.92 Å². The fraction of sp³-hybridized carbons (Fsp3) is 0.533. The largest absolute Gasteiger partial charge is 0.340 e. The summed E-state index contributed by atoms with van der Waals surface area (Å²) in [6, 6.07) is -0.287. The van der Waals surface area contributed by atoms with Crippen molar-refractivity contribution in [3.8, 4) is 0 Å². The molecule has 2 aromatic heterocycles. The fourth-order valence-corrected chi connectivity index (χ4v) is 2.73. The van der Waals surface area contributed by atoms with Crippen molar-refractivity contribution >= 4 is 5.91 Å². The number of fused-ring (bicyclic) bond motifs is 1. The number of H-pyrrole nitrogens is 1. The first kappa shape index (κ1) is 16.3. The Morgan fingerprint density at radius 1 is 1.33 bits per heavy atom. The Morgan fingerprint density at radius 3 is 2.88 bits per heavy atom. The summed E-state index contributed by atoms with van der Waals surface area (Å²) in [4.78, 5) is 29.8. The predicted octanol–water partition coefficient (Wildman–Crippen LogP) is -0.366. The van der Waals surface area contributed by atoms with Gasteiger partial charge in [0.25, 0.3) is 11.5 Å². The van der Waals surface area contributed by atoms with E-state index in [1.54, 1.807) is 0 Å². The second kappa shape index (κ2) is 6.91. The average molecular weight is 331 g/mol. The molecule has 0 radical (unpaired) electrons. The van der Waals surface area contributed by atoms with Gasteiger partial charge in [-0.15, -0.1) is 10.2 Å². The van der Waals surface area contributed by atoms with Gasteiger partial charge in [-0.2, -0.15) is 0 Å². The van der Waals surface area contributed by atoms with E-state index in [1.165, 1.54) is 6.20 Å². The van der Waals surface area contributed by atoms with Gasteiger partial charge in [-0.1, -0.05) is 13.8 Å². The number of hydrogen-bond donors (Lipinski definition) is 3. The molecule has 9 nitrogen and oxygen atoms in total. The van der Waals surface area contributed by atoms with E-state index in [0.717, 1.165) is 43.9 Å². The Kier molecular flexibility index (Phi) is 4.70. The lowest BCUT2D eigenvalue weighted by molar-refractivity contribution is 0.0916. The lowest BCUT2D eigenvalue weighted by Crippen LogP contribution is -2.35. The van der Waals surface area contributed by atoms with Crippen LogP contribution in [-0.4, -0.2) is 43.7 Å². The molecule has 0 unspecified atom stereocenters. The van der Waals surface area contributed by atoms with E-state index in [9.17, 15) is 9.59 Å². The number of aromatic nitrogens is 5. The van der Waals surface area contributed by atoms with Crippen LogP contribution in [0.3, 0.4) is 0 Å². The Hall–Kier alpha value is -2.55. The van der Waals surface area contributed by atoms with Gasteiger partial charge in [0.2, 0.25) is 0 Å². The number of rotatable bonds is 4. The standard InChI is InChI=1S/C15H21N7O2/c1-9(2)13(19-15(24)10-7-18-12(23)8-17-10)14-21-20-11-3-4-16-5-6-22(11)14/h7-9,13,16H,3-6H2,1-2H3,(H,18,23)(H,19,24)/t13-/m1/s1. The Bertz CT molecular complexity index is 760. The highest BCUT2D eigenvalue weighted by molar-refractivity contribution is 5.92. The van der Waals surface area contributed by atoms with Crippen LogP contribution in [0.5, 0.6) is 0 Å². The molecular weight excluding hydrogens is 310 g/mol. The van der Waals surface area contributed by atoms with Crippen molar-refractivity contribution in [2.24, 2.45) is 5.92 Å². The summed E-state index contributed by atoms with van der Waals surface area (Å²) in [6.45, 7) is 6.52. The molecule has 3 rings (SSSR count). The molecule has 0 saturated heterocycles. The molecule has 0 bridgehead atoms. The number of carbonyl (C=O) groups is 1. The number of aromatic amines is 1. The summed E-state index contributed by atoms with van der Waals surface area (Å²) in [5.41, 5.74) is -0.181. The molecule has 1 amide bonds. The summed E-state index contributed by atoms with van der Waals surface area (Å²) in [5.74, 6) is 1.45. The van der Waals surface area contributed by atoms with Gasteiger partial charge in [0.15, 0.2) is 5.82 Å². The number of amides is 1. The highest BCUT2D eigenvalue weighted by atomic mass is 16.2. The van der Waals surface area contributed by atoms with Gasteiger partial charge in [-0.3, -0.25) is 9.59 Å². The van der Waals surface area contributed by atoms with E-state index < -0.39 is 0 Å². The minimum absolute atomic E-state index is 0.126. The maximum atomic E-state index is 12.4. The van der Waals surface area contributed by atoms with Crippen LogP contribution in [0.1, 0.15) is 42.0 Å². The second-order valence-corrected chi connectivity index (χ2v) is 6.12. The van der Waals surface area contributed by atoms with Crippen LogP contribution in [0.15, 0.2) is 17.2 Å². The van der Waals surface area contributed by atoms with Crippen molar-refractivity contribution in [3.05, 3.63) is 40.1 Å². The van der Waals surface area contributed by atoms with Gasteiger partial charge >= 0.3 is 0 Å². The number of carbonyl (C=O) groups excluding carboxylic acids is 1. The molecule has 0 aromatic carbocycles. The maximum Gasteiger partial charge on any atom is 0.271 e. The van der Waals surface area contributed by atoms with Crippen molar-refractivity contribution in [3.63, 3.8) is 0 Å². The maximum absolute atomic E-state index is 12.4. The van der Waals surface area contributed by atoms with Crippen molar-refractivity contribution < 1.29 is 4.79 Å². The second-order valence-electron chi connectivity index (χ2n) is 6.12. The molecule has 1 atom stereocenters. The number of nitrogens with one attached hydrogen (secondary N) is 3. The summed E-state index contributed by atoms with van der Waals surface area (Å²) >= 11 is 0. The zero-order valence-electron chi connectivity index (χ0n) is 13.7. The van der Waals surface area contributed by atoms with E-state index >= 15 is 0 Å². The summed E-state index contributed by atoms with van der Waals surface area (Å²) in [7, 11) is 0. The highest BCUT2D eigenvalue weighted by Crippen LogP contribution is 2.22. The molecule has 0 spiro atoms. The number of nitrogens with zero attached hydrogens (tertiary/aromatic N) is 4. The Morgan fingerprint density at radius 2 is 2.17 bits per heavy atom. The van der Waals surface area contributed by atoms with E-state index in [-0.39, 0.29) is 29.1 Å². The first-order valence-corrected chi connectivity index (χ1v) is 8.04. The predicted molar refractivity (Wildman–Crippen MR) is 86.5 cm³/mol. The van der Waals surface area contributed by atoms with Crippen LogP contribution in [-0.2, 0) is 13.0 Å². The van der Waals surface area contributed by atoms with Crippen molar-refractivity contribution in [2.75, 3.05) is 13.1 Å². The zero-order chi connectivity index (χ0) is 17.1. The molecule has 3 heterocycles. The fourth-order valence-electron chi connectivity index (χ4n) is 2.73. The molecule has 3 N–H and O–H groups in total. The first-order chi connectivity index (χ1) is 11.6. The first-order valence-electron chi connectivity index (χ1n) is 8.04. The highest BCUT2D eigenvalue weighted by Gasteiger charge is 2.27. The molecule has 1 aliphatic rings. The average Bonchev–Trinajstić information content (AvgIpc) is 2.80. The van der Waals surface area contributed by atoms with Crippen LogP contribution < -0.4 is 16.2 Å². The monoisotopic (exact) mass is 331 g/mol. The van der Waals surface area contributed by atoms with E-state index in [1.807, 2.05) is 13.8 Å². The van der Waals surface area contributed by atoms with E-state index in [2.05, 4.69) is 35.4 Å². The zero-order valence-corrected chi connectivity index (χ0v) is 13.7. The lowest BCUT2D eigenvalue weighted by Gasteiger charge is -2.22. The molecule has 2 aromatic rings. The topological polar surface area (TPSA) is 118 Å². The quantitative estimate of drug-likeness (QED) is 0.704. The third-order valence-electron chi connectivity index (χ3n) is 4.03. The van der Waals surface area contributed by atoms with Crippen LogP contribution >= 0.6 is 0 Å². The van der Waals surface area contributed by atoms with Crippen LogP contribution in [0.25, 0.3) is 0 Å². The van der Waals surface area contributed by atoms with Crippen LogP contribution in [0.4, 0.5) is 0 Å². The van der Waals surface area contributed by atoms with Gasteiger partial charge in [0.05, 0.1) is 12.2 Å². The molecule has 24 heavy (non-hydrogen) atoms. The third-order valence-corrected chi connectivity index (χ3v) is 4.03. The molecule has 0 saturated carbocycles. The molecular formula is C15H21N7O2. The lowest BCUT2D eigenvalue weighted by atomic mass is 10.0. The third kappa shape index (κ3) is 3.35. The summed E-state index contributed by atoms with van der Waals surface area (Å²) in [6.07, 6.45) is 3.21. The molecule has 0 fully saturated rings. The van der Waals surface area contributed by atoms with E-state index in [4.69, 9.17) is 0 Å². The minimum atomic E-state index is -0.353. The van der Waals surface area contributed by atoms with Gasteiger partial charge in [-0.25, -0.2) is 4.98 Å². The molecule has 0 aliphatic carbocycles. The molecule has 1 aliphatic heterocycles. The SMILES string of the molecule is CC(C)[C@@H](NC(=O)c1c[nH]c(=O)cn1)c1nnc2n1CCNCC2. The van der Waals surface area contributed by atoms with Gasteiger partial charge in [-0.05, 0) is 5.92 Å². The summed E-state index contributed by atoms with van der Waals surface area (Å²) < 4.78 is 2.07. The van der Waals surface area contributed by atoms with Gasteiger partial charge in [0.1, 0.15) is 11.5 Å². The van der Waals surface area contributed by atoms with Crippen molar-refractivity contribution in [1.82, 2.24) is 35.4 Å².